The van der Waals surface area contributed by atoms with E-state index < -0.39 is 18.1 Å². The summed E-state index contributed by atoms with van der Waals surface area (Å²) in [6.07, 6.45) is -5.47. The highest BCUT2D eigenvalue weighted by Gasteiger charge is 2.41. The summed E-state index contributed by atoms with van der Waals surface area (Å²) in [5.41, 5.74) is -0.666. The number of morpholine rings is 1. The number of ether oxygens (including phenoxy) is 2. The molecule has 2 N–H and O–H groups in total. The highest BCUT2D eigenvalue weighted by molar-refractivity contribution is 5.85. The first kappa shape index (κ1) is 21.5. The number of benzene rings is 2. The number of para-hydroxylation sites is 1. The van der Waals surface area contributed by atoms with Gasteiger partial charge in [-0.3, -0.25) is 0 Å². The van der Waals surface area contributed by atoms with E-state index in [1.807, 2.05) is 6.07 Å². The molecule has 8 heteroatoms. The van der Waals surface area contributed by atoms with Crippen LogP contribution in [0.3, 0.4) is 0 Å². The van der Waals surface area contributed by atoms with E-state index in [1.54, 1.807) is 30.3 Å². The van der Waals surface area contributed by atoms with Crippen molar-refractivity contribution in [1.29, 1.82) is 0 Å². The van der Waals surface area contributed by atoms with Gasteiger partial charge in [-0.15, -0.1) is 25.6 Å². The van der Waals surface area contributed by atoms with E-state index in [2.05, 4.69) is 10.1 Å². The predicted molar refractivity (Wildman–Crippen MR) is 97.0 cm³/mol. The number of hydrogen-bond donors (Lipinski definition) is 2. The molecule has 0 radical (unpaired) electrons. The van der Waals surface area contributed by atoms with Crippen molar-refractivity contribution < 1.29 is 27.8 Å². The lowest BCUT2D eigenvalue weighted by Gasteiger charge is -2.39. The highest BCUT2D eigenvalue weighted by Crippen LogP contribution is 2.36. The average molecular weight is 404 g/mol. The van der Waals surface area contributed by atoms with E-state index in [4.69, 9.17) is 4.74 Å². The molecule has 4 nitrogen and oxygen atoms in total. The fourth-order valence-corrected chi connectivity index (χ4v) is 3.17. The molecule has 27 heavy (non-hydrogen) atoms. The Balaban J connectivity index is 0.00000261. The first-order valence-electron chi connectivity index (χ1n) is 8.32. The number of alkyl halides is 3. The number of aliphatic hydroxyl groups is 1. The Labute approximate surface area is 161 Å². The molecule has 0 saturated carbocycles. The zero-order valence-electron chi connectivity index (χ0n) is 14.4. The van der Waals surface area contributed by atoms with E-state index in [9.17, 15) is 18.3 Å². The van der Waals surface area contributed by atoms with Crippen molar-refractivity contribution >= 4 is 12.4 Å². The maximum Gasteiger partial charge on any atom is 0.573 e. The maximum absolute atomic E-state index is 12.7. The molecule has 148 valence electrons. The summed E-state index contributed by atoms with van der Waals surface area (Å²) in [6, 6.07) is 14.7. The summed E-state index contributed by atoms with van der Waals surface area (Å²) < 4.78 is 48.0. The Morgan fingerprint density at radius 1 is 1.07 bits per heavy atom. The van der Waals surface area contributed by atoms with E-state index in [0.29, 0.717) is 25.3 Å². The first-order chi connectivity index (χ1) is 12.4. The van der Waals surface area contributed by atoms with Gasteiger partial charge in [0.1, 0.15) is 17.5 Å². The lowest BCUT2D eigenvalue weighted by Crippen LogP contribution is -2.52. The number of hydrogen-bond acceptors (Lipinski definition) is 4. The van der Waals surface area contributed by atoms with Gasteiger partial charge in [-0.2, -0.15) is 0 Å². The van der Waals surface area contributed by atoms with Crippen LogP contribution >= 0.6 is 12.4 Å². The molecule has 0 bridgehead atoms. The molecule has 1 saturated heterocycles. The van der Waals surface area contributed by atoms with Crippen LogP contribution < -0.4 is 10.1 Å². The molecule has 1 fully saturated rings. The summed E-state index contributed by atoms with van der Waals surface area (Å²) in [5, 5.41) is 14.6. The van der Waals surface area contributed by atoms with E-state index >= 15 is 0 Å². The van der Waals surface area contributed by atoms with Gasteiger partial charge in [-0.05, 0) is 17.2 Å². The Kier molecular flexibility index (Phi) is 7.11. The van der Waals surface area contributed by atoms with Crippen LogP contribution in [0.4, 0.5) is 13.2 Å². The second-order valence-corrected chi connectivity index (χ2v) is 6.19. The van der Waals surface area contributed by atoms with Gasteiger partial charge in [-0.25, -0.2) is 0 Å². The average Bonchev–Trinajstić information content (AvgIpc) is 2.63. The van der Waals surface area contributed by atoms with Gasteiger partial charge in [0, 0.05) is 19.5 Å². The number of halogens is 4. The smallest absolute Gasteiger partial charge is 0.406 e. The zero-order chi connectivity index (χ0) is 18.6. The number of nitrogens with one attached hydrogen (secondary N) is 1. The van der Waals surface area contributed by atoms with Gasteiger partial charge in [0.15, 0.2) is 0 Å². The largest absolute Gasteiger partial charge is 0.573 e. The molecule has 0 amide bonds. The lowest BCUT2D eigenvalue weighted by molar-refractivity contribution is -0.275. The van der Waals surface area contributed by atoms with Crippen molar-refractivity contribution in [3.63, 3.8) is 0 Å². The molecule has 0 aromatic heterocycles. The Morgan fingerprint density at radius 2 is 1.74 bits per heavy atom. The van der Waals surface area contributed by atoms with Crippen LogP contribution in [0, 0.1) is 0 Å². The van der Waals surface area contributed by atoms with Crippen LogP contribution in [-0.4, -0.2) is 37.3 Å². The minimum Gasteiger partial charge on any atom is -0.406 e. The highest BCUT2D eigenvalue weighted by atomic mass is 35.5. The third-order valence-corrected chi connectivity index (χ3v) is 4.39. The Bertz CT molecular complexity index is 724. The van der Waals surface area contributed by atoms with Gasteiger partial charge in [0.05, 0.1) is 6.61 Å². The molecule has 0 aliphatic carbocycles. The lowest BCUT2D eigenvalue weighted by atomic mass is 9.81. The topological polar surface area (TPSA) is 50.7 Å². The standard InChI is InChI=1S/C19H20F3NO3.ClH/c20-19(21,22)26-16-9-5-4-6-14(16)12-18(24,15-7-2-1-3-8-15)17-13-23-10-11-25-17;/h1-9,17,23-24H,10-13H2;1H/t17-,18+;/m0./s1. The quantitative estimate of drug-likeness (QED) is 0.803. The third-order valence-electron chi connectivity index (χ3n) is 4.39. The molecule has 3 rings (SSSR count). The molecule has 2 atom stereocenters. The summed E-state index contributed by atoms with van der Waals surface area (Å²) >= 11 is 0. The van der Waals surface area contributed by atoms with Crippen LogP contribution in [-0.2, 0) is 16.8 Å². The molecule has 1 aliphatic heterocycles. The third kappa shape index (κ3) is 5.35. The fourth-order valence-electron chi connectivity index (χ4n) is 3.17. The Hall–Kier alpha value is -1.80. The van der Waals surface area contributed by atoms with Crippen LogP contribution in [0.2, 0.25) is 0 Å². The molecule has 2 aromatic rings. The summed E-state index contributed by atoms with van der Waals surface area (Å²) in [4.78, 5) is 0. The molecule has 0 spiro atoms. The summed E-state index contributed by atoms with van der Waals surface area (Å²) in [7, 11) is 0. The predicted octanol–water partition coefficient (Wildman–Crippen LogP) is 3.43. The summed E-state index contributed by atoms with van der Waals surface area (Å²) in [6.45, 7) is 1.48. The SMILES string of the molecule is Cl.O[C@](Cc1ccccc1OC(F)(F)F)(c1ccccc1)[C@@H]1CNCCO1. The first-order valence-corrected chi connectivity index (χ1v) is 8.32. The van der Waals surface area contributed by atoms with Gasteiger partial charge >= 0.3 is 6.36 Å². The monoisotopic (exact) mass is 403 g/mol. The zero-order valence-corrected chi connectivity index (χ0v) is 15.2. The second-order valence-electron chi connectivity index (χ2n) is 6.19. The van der Waals surface area contributed by atoms with Crippen LogP contribution in [0.5, 0.6) is 5.75 Å². The van der Waals surface area contributed by atoms with Crippen LogP contribution in [0.1, 0.15) is 11.1 Å². The van der Waals surface area contributed by atoms with Crippen molar-refractivity contribution in [3.8, 4) is 5.75 Å². The molecule has 2 aromatic carbocycles. The van der Waals surface area contributed by atoms with Gasteiger partial charge in [0.2, 0.25) is 0 Å². The van der Waals surface area contributed by atoms with Crippen molar-refractivity contribution in [2.24, 2.45) is 0 Å². The van der Waals surface area contributed by atoms with Gasteiger partial charge in [0.25, 0.3) is 0 Å². The minimum absolute atomic E-state index is 0. The molecular weight excluding hydrogens is 383 g/mol. The van der Waals surface area contributed by atoms with E-state index in [-0.39, 0.29) is 30.1 Å². The van der Waals surface area contributed by atoms with Gasteiger partial charge in [-0.1, -0.05) is 48.5 Å². The second kappa shape index (κ2) is 8.93. The fraction of sp³-hybridized carbons (Fsp3) is 0.368. The van der Waals surface area contributed by atoms with Crippen LogP contribution in [0.25, 0.3) is 0 Å². The molecule has 0 unspecified atom stereocenters. The minimum atomic E-state index is -4.80. The van der Waals surface area contributed by atoms with Crippen LogP contribution in [0.15, 0.2) is 54.6 Å². The van der Waals surface area contributed by atoms with Crippen molar-refractivity contribution in [2.75, 3.05) is 19.7 Å². The number of rotatable bonds is 5. The van der Waals surface area contributed by atoms with Gasteiger partial charge < -0.3 is 19.9 Å². The van der Waals surface area contributed by atoms with Crippen molar-refractivity contribution in [2.45, 2.75) is 24.5 Å². The van der Waals surface area contributed by atoms with E-state index in [0.717, 1.165) is 0 Å². The van der Waals surface area contributed by atoms with E-state index in [1.165, 1.54) is 18.2 Å². The summed E-state index contributed by atoms with van der Waals surface area (Å²) in [5.74, 6) is -0.321. The molecule has 1 heterocycles. The Morgan fingerprint density at radius 3 is 2.37 bits per heavy atom. The molecule has 1 aliphatic rings. The molecular formula is C19H21ClF3NO3. The van der Waals surface area contributed by atoms with Crippen molar-refractivity contribution in [1.82, 2.24) is 5.32 Å². The normalized spacial score (nSPS) is 19.6. The van der Waals surface area contributed by atoms with Crippen molar-refractivity contribution in [3.05, 3.63) is 65.7 Å². The maximum atomic E-state index is 12.7.